The highest BCUT2D eigenvalue weighted by Gasteiger charge is 2.33. The Morgan fingerprint density at radius 3 is 2.36 bits per heavy atom. The van der Waals surface area contributed by atoms with Gasteiger partial charge in [-0.15, -0.1) is 0 Å². The van der Waals surface area contributed by atoms with Crippen LogP contribution in [0.15, 0.2) is 30.3 Å². The molecule has 0 spiro atoms. The molecule has 14 heavy (non-hydrogen) atoms. The standard InChI is InChI=1S/C10H9BrF2O/c11-10(12,13)9(14)7-6-8-4-2-1-3-5-8/h1-5H,6-7H2. The van der Waals surface area contributed by atoms with Crippen LogP contribution in [-0.4, -0.2) is 10.6 Å². The fourth-order valence-corrected chi connectivity index (χ4v) is 1.24. The van der Waals surface area contributed by atoms with Crippen LogP contribution in [0.2, 0.25) is 0 Å². The van der Waals surface area contributed by atoms with Crippen LogP contribution in [-0.2, 0) is 11.2 Å². The molecule has 0 unspecified atom stereocenters. The van der Waals surface area contributed by atoms with Crippen molar-refractivity contribution in [3.05, 3.63) is 35.9 Å². The zero-order valence-corrected chi connectivity index (χ0v) is 8.93. The summed E-state index contributed by atoms with van der Waals surface area (Å²) in [5.41, 5.74) is 0.887. The third kappa shape index (κ3) is 3.54. The van der Waals surface area contributed by atoms with E-state index in [1.807, 2.05) is 34.1 Å². The second kappa shape index (κ2) is 4.64. The first-order chi connectivity index (χ1) is 6.50. The highest BCUT2D eigenvalue weighted by atomic mass is 79.9. The van der Waals surface area contributed by atoms with E-state index in [-0.39, 0.29) is 6.42 Å². The van der Waals surface area contributed by atoms with Crippen molar-refractivity contribution in [1.29, 1.82) is 0 Å². The molecule has 1 nitrogen and oxygen atoms in total. The number of hydrogen-bond acceptors (Lipinski definition) is 1. The second-order valence-corrected chi connectivity index (χ2v) is 3.90. The molecule has 0 saturated heterocycles. The summed E-state index contributed by atoms with van der Waals surface area (Å²) in [6.07, 6.45) is 0.198. The molecule has 0 radical (unpaired) electrons. The van der Waals surface area contributed by atoms with Crippen LogP contribution >= 0.6 is 15.9 Å². The van der Waals surface area contributed by atoms with Crippen molar-refractivity contribution >= 4 is 21.7 Å². The summed E-state index contributed by atoms with van der Waals surface area (Å²) in [6.45, 7) is 0. The Balaban J connectivity index is 2.46. The van der Waals surface area contributed by atoms with Gasteiger partial charge in [0.25, 0.3) is 0 Å². The van der Waals surface area contributed by atoms with Gasteiger partial charge in [-0.1, -0.05) is 30.3 Å². The van der Waals surface area contributed by atoms with E-state index >= 15 is 0 Å². The summed E-state index contributed by atoms with van der Waals surface area (Å²) in [5, 5.41) is 0. The maximum Gasteiger partial charge on any atom is 0.358 e. The second-order valence-electron chi connectivity index (χ2n) is 2.91. The van der Waals surface area contributed by atoms with E-state index < -0.39 is 10.6 Å². The Labute approximate surface area is 89.3 Å². The van der Waals surface area contributed by atoms with E-state index in [0.717, 1.165) is 5.56 Å². The molecule has 1 aromatic carbocycles. The number of carbonyl (C=O) groups is 1. The largest absolute Gasteiger partial charge is 0.358 e. The molecule has 0 heterocycles. The van der Waals surface area contributed by atoms with E-state index in [9.17, 15) is 13.6 Å². The van der Waals surface area contributed by atoms with Crippen LogP contribution < -0.4 is 0 Å². The average Bonchev–Trinajstić information content (AvgIpc) is 2.14. The molecule has 0 amide bonds. The van der Waals surface area contributed by atoms with Crippen LogP contribution in [0.1, 0.15) is 12.0 Å². The van der Waals surface area contributed by atoms with Crippen LogP contribution in [0.3, 0.4) is 0 Å². The molecule has 0 saturated carbocycles. The monoisotopic (exact) mass is 262 g/mol. The molecule has 0 fully saturated rings. The minimum Gasteiger partial charge on any atom is -0.292 e. The number of aryl methyl sites for hydroxylation is 1. The third-order valence-corrected chi connectivity index (χ3v) is 2.24. The maximum absolute atomic E-state index is 12.4. The lowest BCUT2D eigenvalue weighted by Crippen LogP contribution is -2.20. The van der Waals surface area contributed by atoms with Gasteiger partial charge in [0.15, 0.2) is 0 Å². The molecule has 0 bridgehead atoms. The number of rotatable bonds is 4. The van der Waals surface area contributed by atoms with Gasteiger partial charge in [-0.2, -0.15) is 8.78 Å². The van der Waals surface area contributed by atoms with Crippen molar-refractivity contribution in [2.75, 3.05) is 0 Å². The lowest BCUT2D eigenvalue weighted by Gasteiger charge is -2.06. The van der Waals surface area contributed by atoms with Gasteiger partial charge >= 0.3 is 4.83 Å². The molecule has 0 aliphatic carbocycles. The van der Waals surface area contributed by atoms with Gasteiger partial charge in [-0.3, -0.25) is 4.79 Å². The Morgan fingerprint density at radius 1 is 1.29 bits per heavy atom. The van der Waals surface area contributed by atoms with Crippen molar-refractivity contribution in [3.8, 4) is 0 Å². The molecule has 0 N–H and O–H groups in total. The molecule has 76 valence electrons. The number of halogens is 3. The highest BCUT2D eigenvalue weighted by molar-refractivity contribution is 9.10. The first-order valence-electron chi connectivity index (χ1n) is 4.14. The molecule has 0 atom stereocenters. The first kappa shape index (κ1) is 11.3. The Morgan fingerprint density at radius 2 is 1.86 bits per heavy atom. The molecular formula is C10H9BrF2O. The molecule has 4 heteroatoms. The van der Waals surface area contributed by atoms with Crippen molar-refractivity contribution < 1.29 is 13.6 Å². The summed E-state index contributed by atoms with van der Waals surface area (Å²) in [7, 11) is 0. The van der Waals surface area contributed by atoms with Crippen molar-refractivity contribution in [1.82, 2.24) is 0 Å². The lowest BCUT2D eigenvalue weighted by molar-refractivity contribution is -0.131. The number of Topliss-reactive ketones (excluding diaryl/α,β-unsaturated/α-hetero) is 1. The summed E-state index contributed by atoms with van der Waals surface area (Å²) >= 11 is 2.03. The average molecular weight is 263 g/mol. The first-order valence-corrected chi connectivity index (χ1v) is 4.93. The number of alkyl halides is 3. The summed E-state index contributed by atoms with van der Waals surface area (Å²) in [4.78, 5) is 7.45. The van der Waals surface area contributed by atoms with Gasteiger partial charge in [0.2, 0.25) is 5.78 Å². The quantitative estimate of drug-likeness (QED) is 0.762. The van der Waals surface area contributed by atoms with E-state index in [1.165, 1.54) is 0 Å². The highest BCUT2D eigenvalue weighted by Crippen LogP contribution is 2.24. The van der Waals surface area contributed by atoms with E-state index in [4.69, 9.17) is 0 Å². The van der Waals surface area contributed by atoms with Gasteiger partial charge in [-0.05, 0) is 27.9 Å². The number of ketones is 1. The van der Waals surface area contributed by atoms with Crippen LogP contribution in [0.4, 0.5) is 8.78 Å². The Kier molecular flexibility index (Phi) is 3.75. The normalized spacial score (nSPS) is 11.4. The van der Waals surface area contributed by atoms with Crippen LogP contribution in [0.25, 0.3) is 0 Å². The molecule has 0 aromatic heterocycles. The molecule has 1 aromatic rings. The smallest absolute Gasteiger partial charge is 0.292 e. The molecular weight excluding hydrogens is 254 g/mol. The minimum absolute atomic E-state index is 0.151. The van der Waals surface area contributed by atoms with Crippen LogP contribution in [0, 0.1) is 0 Å². The molecule has 0 aliphatic heterocycles. The van der Waals surface area contributed by atoms with Crippen molar-refractivity contribution in [2.24, 2.45) is 0 Å². The van der Waals surface area contributed by atoms with Crippen LogP contribution in [0.5, 0.6) is 0 Å². The lowest BCUT2D eigenvalue weighted by atomic mass is 10.1. The van der Waals surface area contributed by atoms with Gasteiger partial charge in [0.1, 0.15) is 0 Å². The maximum atomic E-state index is 12.4. The Bertz CT molecular complexity index is 306. The van der Waals surface area contributed by atoms with Gasteiger partial charge in [-0.25, -0.2) is 0 Å². The SMILES string of the molecule is O=C(CCc1ccccc1)C(F)(F)Br. The predicted molar refractivity (Wildman–Crippen MR) is 53.6 cm³/mol. The minimum atomic E-state index is -3.39. The molecule has 1 rings (SSSR count). The fourth-order valence-electron chi connectivity index (χ4n) is 1.04. The number of carbonyl (C=O) groups excluding carboxylic acids is 1. The van der Waals surface area contributed by atoms with E-state index in [1.54, 1.807) is 12.1 Å². The topological polar surface area (TPSA) is 17.1 Å². The van der Waals surface area contributed by atoms with E-state index in [0.29, 0.717) is 6.42 Å². The predicted octanol–water partition coefficient (Wildman–Crippen LogP) is 3.18. The summed E-state index contributed by atoms with van der Waals surface area (Å²) in [5.74, 6) is -1.08. The Hall–Kier alpha value is -0.770. The van der Waals surface area contributed by atoms with Gasteiger partial charge in [0, 0.05) is 6.42 Å². The van der Waals surface area contributed by atoms with Gasteiger partial charge in [0.05, 0.1) is 0 Å². The van der Waals surface area contributed by atoms with E-state index in [2.05, 4.69) is 0 Å². The molecule has 0 aliphatic rings. The number of hydrogen-bond donors (Lipinski definition) is 0. The number of benzene rings is 1. The third-order valence-electron chi connectivity index (χ3n) is 1.80. The van der Waals surface area contributed by atoms with Gasteiger partial charge < -0.3 is 0 Å². The van der Waals surface area contributed by atoms with Crippen molar-refractivity contribution in [2.45, 2.75) is 17.7 Å². The fraction of sp³-hybridized carbons (Fsp3) is 0.300. The summed E-state index contributed by atoms with van der Waals surface area (Å²) in [6, 6.07) is 9.07. The summed E-state index contributed by atoms with van der Waals surface area (Å²) < 4.78 is 24.8. The zero-order chi connectivity index (χ0) is 10.6. The zero-order valence-electron chi connectivity index (χ0n) is 7.34. The van der Waals surface area contributed by atoms with Crippen molar-refractivity contribution in [3.63, 3.8) is 0 Å².